The van der Waals surface area contributed by atoms with Crippen molar-refractivity contribution >= 4 is 17.4 Å². The van der Waals surface area contributed by atoms with Crippen LogP contribution in [0.4, 0.5) is 5.82 Å². The minimum Gasteiger partial charge on any atom is -0.355 e. The Morgan fingerprint density at radius 1 is 1.19 bits per heavy atom. The lowest BCUT2D eigenvalue weighted by molar-refractivity contribution is -0.126. The van der Waals surface area contributed by atoms with Gasteiger partial charge in [0.05, 0.1) is 6.04 Å². The van der Waals surface area contributed by atoms with Gasteiger partial charge in [-0.2, -0.15) is 4.52 Å². The van der Waals surface area contributed by atoms with E-state index in [9.17, 15) is 4.79 Å². The Bertz CT molecular complexity index is 944. The van der Waals surface area contributed by atoms with E-state index in [1.165, 1.54) is 11.1 Å². The summed E-state index contributed by atoms with van der Waals surface area (Å²) in [7, 11) is 0. The number of nitrogens with one attached hydrogen (secondary N) is 1. The van der Waals surface area contributed by atoms with Gasteiger partial charge in [-0.1, -0.05) is 24.3 Å². The van der Waals surface area contributed by atoms with E-state index in [1.807, 2.05) is 31.2 Å². The summed E-state index contributed by atoms with van der Waals surface area (Å²) in [5.41, 5.74) is 3.11. The molecule has 3 heterocycles. The zero-order chi connectivity index (χ0) is 18.8. The summed E-state index contributed by atoms with van der Waals surface area (Å²) in [5.74, 6) is 1.09. The standard InChI is InChI=1S/C20H24N6O/c1-14-5-3-4-6-17(14)15(2)22-20(27)16-9-11-25(12-10-16)19-8-7-18-23-21-13-26(18)24-19/h3-8,13,15-16H,9-12H2,1-2H3,(H,22,27). The van der Waals surface area contributed by atoms with Crippen molar-refractivity contribution in [3.05, 3.63) is 53.9 Å². The molecule has 0 radical (unpaired) electrons. The van der Waals surface area contributed by atoms with Crippen molar-refractivity contribution in [2.75, 3.05) is 18.0 Å². The van der Waals surface area contributed by atoms with Crippen LogP contribution in [0, 0.1) is 12.8 Å². The van der Waals surface area contributed by atoms with Gasteiger partial charge >= 0.3 is 0 Å². The predicted octanol–water partition coefficient (Wildman–Crippen LogP) is 2.53. The summed E-state index contributed by atoms with van der Waals surface area (Å²) in [4.78, 5) is 14.9. The van der Waals surface area contributed by atoms with Crippen molar-refractivity contribution < 1.29 is 4.79 Å². The average Bonchev–Trinajstić information content (AvgIpc) is 3.16. The van der Waals surface area contributed by atoms with Gasteiger partial charge in [0.25, 0.3) is 0 Å². The highest BCUT2D eigenvalue weighted by Crippen LogP contribution is 2.24. The highest BCUT2D eigenvalue weighted by atomic mass is 16.1. The van der Waals surface area contributed by atoms with E-state index >= 15 is 0 Å². The number of amides is 1. The minimum atomic E-state index is 0.0227. The Kier molecular flexibility index (Phi) is 4.75. The van der Waals surface area contributed by atoms with Gasteiger partial charge in [0.2, 0.25) is 5.91 Å². The Hall–Kier alpha value is -2.96. The maximum Gasteiger partial charge on any atom is 0.223 e. The lowest BCUT2D eigenvalue weighted by Gasteiger charge is -2.32. The fourth-order valence-corrected chi connectivity index (χ4v) is 3.74. The van der Waals surface area contributed by atoms with Gasteiger partial charge in [-0.25, -0.2) is 0 Å². The van der Waals surface area contributed by atoms with Gasteiger partial charge in [0.15, 0.2) is 5.65 Å². The summed E-state index contributed by atoms with van der Waals surface area (Å²) < 4.78 is 1.68. The van der Waals surface area contributed by atoms with Crippen LogP contribution in [0.25, 0.3) is 5.65 Å². The van der Waals surface area contributed by atoms with E-state index in [0.717, 1.165) is 37.4 Å². The van der Waals surface area contributed by atoms with Crippen LogP contribution in [0.3, 0.4) is 0 Å². The molecule has 7 nitrogen and oxygen atoms in total. The first-order valence-corrected chi connectivity index (χ1v) is 9.40. The molecule has 27 heavy (non-hydrogen) atoms. The number of hydrogen-bond donors (Lipinski definition) is 1. The Labute approximate surface area is 158 Å². The number of aromatic nitrogens is 4. The molecule has 1 amide bonds. The second kappa shape index (κ2) is 7.34. The Balaban J connectivity index is 1.35. The van der Waals surface area contributed by atoms with Crippen LogP contribution in [-0.4, -0.2) is 38.8 Å². The van der Waals surface area contributed by atoms with Crippen LogP contribution in [0.15, 0.2) is 42.7 Å². The summed E-state index contributed by atoms with van der Waals surface area (Å²) in [6.45, 7) is 5.76. The molecule has 4 rings (SSSR count). The molecule has 1 N–H and O–H groups in total. The van der Waals surface area contributed by atoms with Crippen LogP contribution in [0.5, 0.6) is 0 Å². The van der Waals surface area contributed by atoms with Crippen molar-refractivity contribution in [3.63, 3.8) is 0 Å². The van der Waals surface area contributed by atoms with E-state index in [-0.39, 0.29) is 17.9 Å². The highest BCUT2D eigenvalue weighted by Gasteiger charge is 2.27. The minimum absolute atomic E-state index is 0.0227. The van der Waals surface area contributed by atoms with Crippen molar-refractivity contribution in [2.45, 2.75) is 32.7 Å². The molecular weight excluding hydrogens is 340 g/mol. The van der Waals surface area contributed by atoms with Crippen molar-refractivity contribution in [1.82, 2.24) is 25.1 Å². The predicted molar refractivity (Wildman–Crippen MR) is 103 cm³/mol. The summed E-state index contributed by atoms with van der Waals surface area (Å²) in [6, 6.07) is 12.1. The van der Waals surface area contributed by atoms with Crippen LogP contribution in [0.2, 0.25) is 0 Å². The third-order valence-corrected chi connectivity index (χ3v) is 5.35. The van der Waals surface area contributed by atoms with Crippen molar-refractivity contribution in [3.8, 4) is 0 Å². The van der Waals surface area contributed by atoms with E-state index in [4.69, 9.17) is 0 Å². The highest BCUT2D eigenvalue weighted by molar-refractivity contribution is 5.79. The smallest absolute Gasteiger partial charge is 0.223 e. The summed E-state index contributed by atoms with van der Waals surface area (Å²) >= 11 is 0. The maximum atomic E-state index is 12.7. The molecule has 1 aliphatic rings. The van der Waals surface area contributed by atoms with E-state index in [2.05, 4.69) is 44.6 Å². The van der Waals surface area contributed by atoms with Gasteiger partial charge in [-0.3, -0.25) is 4.79 Å². The largest absolute Gasteiger partial charge is 0.355 e. The zero-order valence-corrected chi connectivity index (χ0v) is 15.7. The van der Waals surface area contributed by atoms with E-state index in [0.29, 0.717) is 0 Å². The molecule has 1 aromatic carbocycles. The number of nitrogens with zero attached hydrogens (tertiary/aromatic N) is 5. The first-order chi connectivity index (χ1) is 13.1. The lowest BCUT2D eigenvalue weighted by atomic mass is 9.94. The molecule has 1 unspecified atom stereocenters. The number of carbonyl (C=O) groups excluding carboxylic acids is 1. The van der Waals surface area contributed by atoms with Crippen LogP contribution in [0.1, 0.15) is 36.9 Å². The molecule has 0 spiro atoms. The number of rotatable bonds is 4. The monoisotopic (exact) mass is 364 g/mol. The molecule has 2 aromatic heterocycles. The fourth-order valence-electron chi connectivity index (χ4n) is 3.74. The normalized spacial score (nSPS) is 16.4. The second-order valence-corrected chi connectivity index (χ2v) is 7.17. The molecule has 7 heteroatoms. The topological polar surface area (TPSA) is 75.4 Å². The molecule has 3 aromatic rings. The van der Waals surface area contributed by atoms with Crippen LogP contribution >= 0.6 is 0 Å². The molecule has 1 atom stereocenters. The molecular formula is C20H24N6O. The lowest BCUT2D eigenvalue weighted by Crippen LogP contribution is -2.41. The molecule has 0 aliphatic carbocycles. The number of hydrogen-bond acceptors (Lipinski definition) is 5. The molecule has 0 saturated carbocycles. The Morgan fingerprint density at radius 3 is 2.74 bits per heavy atom. The quantitative estimate of drug-likeness (QED) is 0.770. The van der Waals surface area contributed by atoms with Crippen molar-refractivity contribution in [2.24, 2.45) is 5.92 Å². The van der Waals surface area contributed by atoms with Crippen LogP contribution < -0.4 is 10.2 Å². The average molecular weight is 364 g/mol. The van der Waals surface area contributed by atoms with Gasteiger partial charge < -0.3 is 10.2 Å². The summed E-state index contributed by atoms with van der Waals surface area (Å²) in [6.07, 6.45) is 3.26. The van der Waals surface area contributed by atoms with Crippen LogP contribution in [-0.2, 0) is 4.79 Å². The number of anilines is 1. The Morgan fingerprint density at radius 2 is 1.96 bits per heavy atom. The molecule has 1 saturated heterocycles. The molecule has 140 valence electrons. The number of benzene rings is 1. The van der Waals surface area contributed by atoms with Gasteiger partial charge in [0, 0.05) is 19.0 Å². The van der Waals surface area contributed by atoms with Crippen molar-refractivity contribution in [1.29, 1.82) is 0 Å². The van der Waals surface area contributed by atoms with Gasteiger partial charge in [-0.05, 0) is 49.9 Å². The SMILES string of the molecule is Cc1ccccc1C(C)NC(=O)C1CCN(c2ccc3nncn3n2)CC1. The number of piperidine rings is 1. The second-order valence-electron chi connectivity index (χ2n) is 7.17. The third kappa shape index (κ3) is 3.63. The molecule has 0 bridgehead atoms. The molecule has 1 aliphatic heterocycles. The molecule has 1 fully saturated rings. The fraction of sp³-hybridized carbons (Fsp3) is 0.400. The van der Waals surface area contributed by atoms with E-state index < -0.39 is 0 Å². The van der Waals surface area contributed by atoms with E-state index in [1.54, 1.807) is 10.8 Å². The third-order valence-electron chi connectivity index (χ3n) is 5.35. The number of carbonyl (C=O) groups is 1. The van der Waals surface area contributed by atoms with Gasteiger partial charge in [-0.15, -0.1) is 15.3 Å². The zero-order valence-electron chi connectivity index (χ0n) is 15.7. The van der Waals surface area contributed by atoms with Gasteiger partial charge in [0.1, 0.15) is 12.1 Å². The first kappa shape index (κ1) is 17.5. The first-order valence-electron chi connectivity index (χ1n) is 9.40. The summed E-state index contributed by atoms with van der Waals surface area (Å²) in [5, 5.41) is 15.6. The maximum absolute atomic E-state index is 12.7. The number of fused-ring (bicyclic) bond motifs is 1. The number of aryl methyl sites for hydroxylation is 1.